The number of benzene rings is 1. The van der Waals surface area contributed by atoms with Gasteiger partial charge in [0, 0.05) is 0 Å². The quantitative estimate of drug-likeness (QED) is 0.632. The molecule has 0 atom stereocenters. The summed E-state index contributed by atoms with van der Waals surface area (Å²) < 4.78 is 20.9. The minimum atomic E-state index is -2.99. The fourth-order valence-corrected chi connectivity index (χ4v) is 4.78. The van der Waals surface area contributed by atoms with E-state index in [9.17, 15) is 3.09 Å². The molecule has 0 aliphatic carbocycles. The van der Waals surface area contributed by atoms with E-state index in [4.69, 9.17) is 3.32 Å². The Balaban J connectivity index is 0. The second kappa shape index (κ2) is 10.2. The van der Waals surface area contributed by atoms with Gasteiger partial charge >= 0.3 is 125 Å². The van der Waals surface area contributed by atoms with Crippen LogP contribution in [0.1, 0.15) is 32.3 Å². The maximum Gasteiger partial charge on any atom is -0.147 e. The number of rotatable bonds is 5. The number of halogens is 3. The van der Waals surface area contributed by atoms with Gasteiger partial charge < -0.3 is 0 Å². The molecule has 0 saturated carbocycles. The summed E-state index contributed by atoms with van der Waals surface area (Å²) in [6, 6.07) is 6.22. The van der Waals surface area contributed by atoms with Crippen molar-refractivity contribution >= 4 is 41.9 Å². The zero-order chi connectivity index (χ0) is 14.6. The van der Waals surface area contributed by atoms with Gasteiger partial charge in [0.25, 0.3) is 0 Å². The van der Waals surface area contributed by atoms with Gasteiger partial charge in [0.2, 0.25) is 0 Å². The van der Waals surface area contributed by atoms with Crippen molar-refractivity contribution in [2.75, 3.05) is 0 Å². The molecule has 1 nitrogen and oxygen atoms in total. The van der Waals surface area contributed by atoms with Crippen LogP contribution in [-0.4, -0.2) is 11.9 Å². The van der Waals surface area contributed by atoms with Gasteiger partial charge in [-0.15, -0.1) is 24.8 Å². The third-order valence-corrected chi connectivity index (χ3v) is 7.90. The first-order valence-corrected chi connectivity index (χ1v) is 12.5. The Morgan fingerprint density at radius 2 is 1.62 bits per heavy atom. The zero-order valence-electron chi connectivity index (χ0n) is 13.7. The van der Waals surface area contributed by atoms with Crippen molar-refractivity contribution in [1.29, 1.82) is 0 Å². The van der Waals surface area contributed by atoms with Crippen LogP contribution in [0.5, 0.6) is 5.75 Å². The van der Waals surface area contributed by atoms with Crippen molar-refractivity contribution in [1.82, 2.24) is 0 Å². The van der Waals surface area contributed by atoms with Crippen LogP contribution in [-0.2, 0) is 18.3 Å². The van der Waals surface area contributed by atoms with Crippen LogP contribution in [0.2, 0.25) is 19.6 Å². The first kappa shape index (κ1) is 23.6. The summed E-state index contributed by atoms with van der Waals surface area (Å²) in [6.45, 7) is 13.0. The van der Waals surface area contributed by atoms with Crippen molar-refractivity contribution in [3.8, 4) is 5.75 Å². The minimum Gasteiger partial charge on any atom is -0.147 e. The first-order valence-electron chi connectivity index (χ1n) is 6.95. The van der Waals surface area contributed by atoms with E-state index < -0.39 is 26.4 Å². The van der Waals surface area contributed by atoms with Crippen LogP contribution in [0.4, 0.5) is 3.09 Å². The fourth-order valence-electron chi connectivity index (χ4n) is 1.94. The van der Waals surface area contributed by atoms with E-state index in [1.165, 1.54) is 5.19 Å². The zero-order valence-corrected chi connectivity index (χ0v) is 17.9. The van der Waals surface area contributed by atoms with Gasteiger partial charge in [-0.05, 0) is 0 Å². The van der Waals surface area contributed by atoms with Crippen LogP contribution in [0, 0.1) is 6.92 Å². The standard InChI is InChI=1S/C10H16OSi.C5H10.2ClH.FH.Ti/c1-8-5-9(11)7-10(6-8)12(2,3)4;1-3-5-4-2;;;;/h5-7,11H,1-4H3;3-4H2,1-2H3;3*1H;/q;;;;;+2/p-2. The first-order chi connectivity index (χ1) is 8.77. The average molecular weight is 389 g/mol. The molecular formula is C15H27Cl2FOSiTi. The van der Waals surface area contributed by atoms with Crippen LogP contribution in [0.15, 0.2) is 18.2 Å². The Bertz CT molecular complexity index is 481. The number of hydrogen-bond acceptors (Lipinski definition) is 1. The second-order valence-corrected chi connectivity index (χ2v) is 13.3. The SMILES string of the molecule is CC[C](CC)=[Ti]([F])[O]c1cc(C)cc([Si](C)(C)C)c1.Cl.Cl. The molecule has 0 aromatic heterocycles. The van der Waals surface area contributed by atoms with Gasteiger partial charge in [-0.1, -0.05) is 0 Å². The maximum atomic E-state index is 14.2. The summed E-state index contributed by atoms with van der Waals surface area (Å²) in [7, 11) is -1.38. The van der Waals surface area contributed by atoms with Crippen LogP contribution >= 0.6 is 24.8 Å². The van der Waals surface area contributed by atoms with Crippen molar-refractivity contribution in [3.05, 3.63) is 23.8 Å². The van der Waals surface area contributed by atoms with E-state index in [2.05, 4.69) is 38.7 Å². The predicted molar refractivity (Wildman–Crippen MR) is 96.0 cm³/mol. The summed E-state index contributed by atoms with van der Waals surface area (Å²) in [6.07, 6.45) is 1.60. The minimum absolute atomic E-state index is 0. The molecule has 122 valence electrons. The third-order valence-electron chi connectivity index (χ3n) is 3.26. The summed E-state index contributed by atoms with van der Waals surface area (Å²) in [5.74, 6) is 0.731. The van der Waals surface area contributed by atoms with E-state index in [0.717, 1.165) is 28.0 Å². The Kier molecular flexibility index (Phi) is 11.4. The predicted octanol–water partition coefficient (Wildman–Crippen LogP) is 5.17. The van der Waals surface area contributed by atoms with Gasteiger partial charge in [0.1, 0.15) is 0 Å². The van der Waals surface area contributed by atoms with Gasteiger partial charge in [0.15, 0.2) is 0 Å². The van der Waals surface area contributed by atoms with Gasteiger partial charge in [-0.25, -0.2) is 0 Å². The molecule has 0 saturated heterocycles. The average Bonchev–Trinajstić information content (AvgIpc) is 2.28. The molecule has 0 radical (unpaired) electrons. The van der Waals surface area contributed by atoms with E-state index in [1.807, 2.05) is 19.9 Å². The molecule has 1 rings (SSSR count). The third kappa shape index (κ3) is 7.43. The van der Waals surface area contributed by atoms with Crippen molar-refractivity contribution < 1.29 is 24.7 Å². The van der Waals surface area contributed by atoms with Crippen molar-refractivity contribution in [2.45, 2.75) is 53.3 Å². The molecule has 21 heavy (non-hydrogen) atoms. The molecule has 0 bridgehead atoms. The molecule has 0 spiro atoms. The van der Waals surface area contributed by atoms with Crippen molar-refractivity contribution in [2.24, 2.45) is 0 Å². The summed E-state index contributed by atoms with van der Waals surface area (Å²) in [5.41, 5.74) is 1.16. The van der Waals surface area contributed by atoms with Gasteiger partial charge in [-0.2, -0.15) is 0 Å². The fraction of sp³-hybridized carbons (Fsp3) is 0.533. The molecule has 0 N–H and O–H groups in total. The molecule has 0 aliphatic rings. The largest absolute Gasteiger partial charge is 0.147 e. The topological polar surface area (TPSA) is 9.23 Å². The molecule has 0 amide bonds. The Labute approximate surface area is 149 Å². The number of aryl methyl sites for hydroxylation is 1. The molecule has 0 heterocycles. The summed E-state index contributed by atoms with van der Waals surface area (Å²) >= 11 is -2.99. The molecule has 0 fully saturated rings. The summed E-state index contributed by atoms with van der Waals surface area (Å²) in [5, 5.41) is 1.34. The van der Waals surface area contributed by atoms with E-state index >= 15 is 0 Å². The Hall–Kier alpha value is 0.331. The molecule has 0 aliphatic heterocycles. The van der Waals surface area contributed by atoms with Crippen LogP contribution in [0.25, 0.3) is 0 Å². The molecular weight excluding hydrogens is 362 g/mol. The number of hydrogen-bond donors (Lipinski definition) is 0. The molecule has 0 unspecified atom stereocenters. The van der Waals surface area contributed by atoms with Crippen LogP contribution in [0.3, 0.4) is 0 Å². The Morgan fingerprint density at radius 3 is 2.05 bits per heavy atom. The smallest absolute Gasteiger partial charge is 0.147 e. The maximum absolute atomic E-state index is 14.2. The van der Waals surface area contributed by atoms with E-state index in [0.29, 0.717) is 0 Å². The van der Waals surface area contributed by atoms with E-state index in [-0.39, 0.29) is 24.8 Å². The monoisotopic (exact) mass is 388 g/mol. The van der Waals surface area contributed by atoms with Crippen molar-refractivity contribution in [3.63, 3.8) is 0 Å². The van der Waals surface area contributed by atoms with Crippen LogP contribution < -0.4 is 8.51 Å². The molecule has 1 aromatic rings. The van der Waals surface area contributed by atoms with Gasteiger partial charge in [-0.3, -0.25) is 0 Å². The van der Waals surface area contributed by atoms with Gasteiger partial charge in [0.05, 0.1) is 0 Å². The molecule has 6 heteroatoms. The molecule has 1 aromatic carbocycles. The second-order valence-electron chi connectivity index (χ2n) is 5.97. The Morgan fingerprint density at radius 1 is 1.10 bits per heavy atom. The normalized spacial score (nSPS) is 10.2. The van der Waals surface area contributed by atoms with E-state index in [1.54, 1.807) is 0 Å². The summed E-state index contributed by atoms with van der Waals surface area (Å²) in [4.78, 5) is 0.